The van der Waals surface area contributed by atoms with E-state index in [1.807, 2.05) is 0 Å². The standard InChI is InChI=1S/C15H32O/c1-7-12(8-2)10-14(16)11-13(9-3)15(4,5)6/h12-14,16H,7-11H2,1-6H3. The van der Waals surface area contributed by atoms with E-state index in [0.717, 1.165) is 12.8 Å². The summed E-state index contributed by atoms with van der Waals surface area (Å²) in [5.74, 6) is 1.34. The fourth-order valence-electron chi connectivity index (χ4n) is 2.56. The minimum atomic E-state index is -0.103. The molecule has 16 heavy (non-hydrogen) atoms. The Balaban J connectivity index is 4.15. The lowest BCUT2D eigenvalue weighted by Gasteiger charge is -2.32. The molecular weight excluding hydrogens is 196 g/mol. The lowest BCUT2D eigenvalue weighted by atomic mass is 9.75. The molecule has 0 spiro atoms. The summed E-state index contributed by atoms with van der Waals surface area (Å²) in [5.41, 5.74) is 0.323. The Morgan fingerprint density at radius 1 is 0.875 bits per heavy atom. The number of hydrogen-bond acceptors (Lipinski definition) is 1. The zero-order chi connectivity index (χ0) is 12.8. The van der Waals surface area contributed by atoms with Crippen molar-refractivity contribution >= 4 is 0 Å². The van der Waals surface area contributed by atoms with Crippen molar-refractivity contribution in [1.82, 2.24) is 0 Å². The predicted molar refractivity (Wildman–Crippen MR) is 72.5 cm³/mol. The lowest BCUT2D eigenvalue weighted by molar-refractivity contribution is 0.0789. The van der Waals surface area contributed by atoms with Crippen molar-refractivity contribution in [2.24, 2.45) is 17.3 Å². The molecule has 2 atom stereocenters. The first-order valence-corrected chi connectivity index (χ1v) is 7.03. The van der Waals surface area contributed by atoms with Gasteiger partial charge in [-0.25, -0.2) is 0 Å². The molecule has 2 unspecified atom stereocenters. The van der Waals surface area contributed by atoms with Crippen molar-refractivity contribution < 1.29 is 5.11 Å². The first-order valence-electron chi connectivity index (χ1n) is 7.03. The molecule has 0 aliphatic carbocycles. The minimum Gasteiger partial charge on any atom is -0.393 e. The Morgan fingerprint density at radius 2 is 1.38 bits per heavy atom. The molecule has 0 saturated heterocycles. The van der Waals surface area contributed by atoms with E-state index in [-0.39, 0.29) is 6.10 Å². The van der Waals surface area contributed by atoms with Crippen LogP contribution < -0.4 is 0 Å². The number of hydrogen-bond donors (Lipinski definition) is 1. The van der Waals surface area contributed by atoms with Crippen LogP contribution in [0.15, 0.2) is 0 Å². The van der Waals surface area contributed by atoms with Gasteiger partial charge in [0.1, 0.15) is 0 Å². The van der Waals surface area contributed by atoms with E-state index in [2.05, 4.69) is 41.5 Å². The maximum atomic E-state index is 10.1. The normalized spacial score (nSPS) is 16.5. The van der Waals surface area contributed by atoms with E-state index in [1.54, 1.807) is 0 Å². The summed E-state index contributed by atoms with van der Waals surface area (Å²) in [6, 6.07) is 0. The van der Waals surface area contributed by atoms with E-state index in [4.69, 9.17) is 0 Å². The molecule has 0 fully saturated rings. The summed E-state index contributed by atoms with van der Waals surface area (Å²) in [6.07, 6.45) is 5.41. The Morgan fingerprint density at radius 3 is 1.69 bits per heavy atom. The summed E-state index contributed by atoms with van der Waals surface area (Å²) in [6.45, 7) is 13.5. The van der Waals surface area contributed by atoms with Crippen LogP contribution in [0.4, 0.5) is 0 Å². The summed E-state index contributed by atoms with van der Waals surface area (Å²) < 4.78 is 0. The maximum absolute atomic E-state index is 10.1. The molecule has 0 aromatic rings. The molecule has 0 heterocycles. The van der Waals surface area contributed by atoms with Crippen molar-refractivity contribution in [2.75, 3.05) is 0 Å². The Bertz CT molecular complexity index is 165. The highest BCUT2D eigenvalue weighted by Crippen LogP contribution is 2.33. The van der Waals surface area contributed by atoms with E-state index < -0.39 is 0 Å². The third kappa shape index (κ3) is 5.89. The summed E-state index contributed by atoms with van der Waals surface area (Å²) in [5, 5.41) is 10.1. The summed E-state index contributed by atoms with van der Waals surface area (Å²) >= 11 is 0. The largest absolute Gasteiger partial charge is 0.393 e. The van der Waals surface area contributed by atoms with Gasteiger partial charge in [-0.2, -0.15) is 0 Å². The molecule has 1 nitrogen and oxygen atoms in total. The minimum absolute atomic E-state index is 0.103. The fourth-order valence-corrected chi connectivity index (χ4v) is 2.56. The molecule has 0 aromatic carbocycles. The third-order valence-electron chi connectivity index (χ3n) is 4.03. The van der Waals surface area contributed by atoms with Crippen molar-refractivity contribution in [2.45, 2.75) is 79.8 Å². The van der Waals surface area contributed by atoms with Gasteiger partial charge in [0.2, 0.25) is 0 Å². The second kappa shape index (κ2) is 7.32. The van der Waals surface area contributed by atoms with Gasteiger partial charge in [-0.05, 0) is 30.1 Å². The van der Waals surface area contributed by atoms with Crippen LogP contribution in [-0.2, 0) is 0 Å². The van der Waals surface area contributed by atoms with E-state index in [1.165, 1.54) is 19.3 Å². The zero-order valence-corrected chi connectivity index (χ0v) is 12.2. The van der Waals surface area contributed by atoms with Gasteiger partial charge in [-0.15, -0.1) is 0 Å². The van der Waals surface area contributed by atoms with Crippen LogP contribution >= 0.6 is 0 Å². The first-order chi connectivity index (χ1) is 7.35. The van der Waals surface area contributed by atoms with Crippen molar-refractivity contribution in [3.8, 4) is 0 Å². The van der Waals surface area contributed by atoms with Crippen LogP contribution in [0, 0.1) is 17.3 Å². The van der Waals surface area contributed by atoms with Crippen molar-refractivity contribution in [3.05, 3.63) is 0 Å². The molecule has 0 aliphatic heterocycles. The topological polar surface area (TPSA) is 20.2 Å². The average Bonchev–Trinajstić information content (AvgIpc) is 2.20. The van der Waals surface area contributed by atoms with E-state index in [0.29, 0.717) is 17.3 Å². The second-order valence-corrected chi connectivity index (χ2v) is 6.28. The molecule has 0 saturated carbocycles. The summed E-state index contributed by atoms with van der Waals surface area (Å²) in [7, 11) is 0. The van der Waals surface area contributed by atoms with Crippen LogP contribution in [0.2, 0.25) is 0 Å². The fraction of sp³-hybridized carbons (Fsp3) is 1.00. The molecule has 1 N–H and O–H groups in total. The van der Waals surface area contributed by atoms with Gasteiger partial charge in [0.15, 0.2) is 0 Å². The van der Waals surface area contributed by atoms with Gasteiger partial charge >= 0.3 is 0 Å². The lowest BCUT2D eigenvalue weighted by Crippen LogP contribution is -2.26. The van der Waals surface area contributed by atoms with Crippen LogP contribution in [0.1, 0.15) is 73.6 Å². The van der Waals surface area contributed by atoms with E-state index >= 15 is 0 Å². The molecule has 0 radical (unpaired) electrons. The first kappa shape index (κ1) is 16.0. The molecule has 98 valence electrons. The number of aliphatic hydroxyl groups excluding tert-OH is 1. The quantitative estimate of drug-likeness (QED) is 0.673. The van der Waals surface area contributed by atoms with Gasteiger partial charge < -0.3 is 5.11 Å². The number of rotatable bonds is 7. The molecule has 0 bridgehead atoms. The SMILES string of the molecule is CCC(CC)CC(O)CC(CC)C(C)(C)C. The highest BCUT2D eigenvalue weighted by atomic mass is 16.3. The zero-order valence-electron chi connectivity index (χ0n) is 12.2. The highest BCUT2D eigenvalue weighted by molar-refractivity contribution is 4.76. The van der Waals surface area contributed by atoms with Gasteiger partial charge in [0.25, 0.3) is 0 Å². The maximum Gasteiger partial charge on any atom is 0.0545 e. The van der Waals surface area contributed by atoms with Gasteiger partial charge in [0, 0.05) is 0 Å². The van der Waals surface area contributed by atoms with Crippen molar-refractivity contribution in [3.63, 3.8) is 0 Å². The average molecular weight is 228 g/mol. The monoisotopic (exact) mass is 228 g/mol. The van der Waals surface area contributed by atoms with Crippen LogP contribution in [0.25, 0.3) is 0 Å². The molecular formula is C15H32O. The molecule has 0 amide bonds. The van der Waals surface area contributed by atoms with Gasteiger partial charge in [0.05, 0.1) is 6.10 Å². The molecule has 0 rings (SSSR count). The Labute approximate surface area is 103 Å². The Hall–Kier alpha value is -0.0400. The smallest absolute Gasteiger partial charge is 0.0545 e. The predicted octanol–water partition coefficient (Wildman–Crippen LogP) is 4.64. The highest BCUT2D eigenvalue weighted by Gasteiger charge is 2.25. The number of aliphatic hydroxyl groups is 1. The van der Waals surface area contributed by atoms with Gasteiger partial charge in [-0.3, -0.25) is 0 Å². The second-order valence-electron chi connectivity index (χ2n) is 6.28. The molecule has 0 aliphatic rings. The van der Waals surface area contributed by atoms with Crippen LogP contribution in [0.3, 0.4) is 0 Å². The van der Waals surface area contributed by atoms with Gasteiger partial charge in [-0.1, -0.05) is 60.8 Å². The molecule has 1 heteroatoms. The van der Waals surface area contributed by atoms with Crippen LogP contribution in [-0.4, -0.2) is 11.2 Å². The van der Waals surface area contributed by atoms with Crippen molar-refractivity contribution in [1.29, 1.82) is 0 Å². The third-order valence-corrected chi connectivity index (χ3v) is 4.03. The summed E-state index contributed by atoms with van der Waals surface area (Å²) in [4.78, 5) is 0. The molecule has 0 aromatic heterocycles. The Kier molecular flexibility index (Phi) is 7.30. The van der Waals surface area contributed by atoms with E-state index in [9.17, 15) is 5.11 Å². The van der Waals surface area contributed by atoms with Crippen LogP contribution in [0.5, 0.6) is 0 Å².